The van der Waals surface area contributed by atoms with Crippen LogP contribution in [0.15, 0.2) is 22.7 Å². The predicted octanol–water partition coefficient (Wildman–Crippen LogP) is 1.93. The van der Waals surface area contributed by atoms with E-state index in [0.717, 1.165) is 12.8 Å². The van der Waals surface area contributed by atoms with Crippen LogP contribution in [0.25, 0.3) is 0 Å². The van der Waals surface area contributed by atoms with Gasteiger partial charge in [0.2, 0.25) is 0 Å². The smallest absolute Gasteiger partial charge is 0.311 e. The third-order valence-corrected chi connectivity index (χ3v) is 3.18. The standard InChI is InChI=1S/C13H13N3O5/c17-6-8-1-4-11(10(5-8)16(18)19)20-7-12-14-13(15-21-12)9-2-3-9/h1,4-5,9,17H,2-3,6-7H2. The molecular weight excluding hydrogens is 278 g/mol. The lowest BCUT2D eigenvalue weighted by atomic mass is 10.2. The first kappa shape index (κ1) is 13.5. The highest BCUT2D eigenvalue weighted by molar-refractivity contribution is 5.48. The molecule has 0 saturated heterocycles. The maximum absolute atomic E-state index is 11.0. The maximum Gasteiger partial charge on any atom is 0.311 e. The third-order valence-electron chi connectivity index (χ3n) is 3.18. The maximum atomic E-state index is 11.0. The van der Waals surface area contributed by atoms with E-state index in [1.807, 2.05) is 0 Å². The van der Waals surface area contributed by atoms with Crippen LogP contribution in [0.1, 0.15) is 36.0 Å². The molecule has 0 spiro atoms. The van der Waals surface area contributed by atoms with Crippen molar-refractivity contribution in [3.8, 4) is 5.75 Å². The second kappa shape index (κ2) is 5.49. The largest absolute Gasteiger partial charge is 0.477 e. The second-order valence-corrected chi connectivity index (χ2v) is 4.83. The van der Waals surface area contributed by atoms with Crippen molar-refractivity contribution in [2.45, 2.75) is 32.0 Å². The molecule has 0 bridgehead atoms. The van der Waals surface area contributed by atoms with Gasteiger partial charge in [0, 0.05) is 12.0 Å². The molecule has 1 saturated carbocycles. The van der Waals surface area contributed by atoms with Crippen LogP contribution in [-0.4, -0.2) is 20.2 Å². The van der Waals surface area contributed by atoms with Crippen molar-refractivity contribution in [2.24, 2.45) is 0 Å². The molecule has 0 radical (unpaired) electrons. The average molecular weight is 291 g/mol. The first-order valence-corrected chi connectivity index (χ1v) is 6.51. The summed E-state index contributed by atoms with van der Waals surface area (Å²) in [6, 6.07) is 4.28. The number of ether oxygens (including phenoxy) is 1. The molecule has 1 aliphatic rings. The van der Waals surface area contributed by atoms with Gasteiger partial charge in [-0.2, -0.15) is 4.98 Å². The number of benzene rings is 1. The lowest BCUT2D eigenvalue weighted by Crippen LogP contribution is -2.00. The Kier molecular flexibility index (Phi) is 3.53. The van der Waals surface area contributed by atoms with E-state index < -0.39 is 4.92 Å². The van der Waals surface area contributed by atoms with E-state index >= 15 is 0 Å². The quantitative estimate of drug-likeness (QED) is 0.639. The molecule has 21 heavy (non-hydrogen) atoms. The second-order valence-electron chi connectivity index (χ2n) is 4.83. The van der Waals surface area contributed by atoms with Crippen molar-refractivity contribution in [3.63, 3.8) is 0 Å². The van der Waals surface area contributed by atoms with E-state index in [0.29, 0.717) is 17.3 Å². The van der Waals surface area contributed by atoms with Crippen molar-refractivity contribution < 1.29 is 19.3 Å². The van der Waals surface area contributed by atoms with Crippen LogP contribution < -0.4 is 4.74 Å². The summed E-state index contributed by atoms with van der Waals surface area (Å²) < 4.78 is 10.4. The van der Waals surface area contributed by atoms with Crippen molar-refractivity contribution >= 4 is 5.69 Å². The molecule has 0 atom stereocenters. The summed E-state index contributed by atoms with van der Waals surface area (Å²) in [5.41, 5.74) is 0.242. The predicted molar refractivity (Wildman–Crippen MR) is 69.6 cm³/mol. The van der Waals surface area contributed by atoms with Crippen LogP contribution in [0.2, 0.25) is 0 Å². The highest BCUT2D eigenvalue weighted by atomic mass is 16.6. The molecule has 0 unspecified atom stereocenters. The number of nitro benzene ring substituents is 1. The van der Waals surface area contributed by atoms with Gasteiger partial charge in [-0.1, -0.05) is 11.2 Å². The molecule has 1 heterocycles. The van der Waals surface area contributed by atoms with E-state index in [9.17, 15) is 10.1 Å². The minimum atomic E-state index is -0.558. The Bertz CT molecular complexity index is 666. The van der Waals surface area contributed by atoms with Gasteiger partial charge in [-0.05, 0) is 24.5 Å². The number of hydrogen-bond acceptors (Lipinski definition) is 7. The number of rotatable bonds is 6. The van der Waals surface area contributed by atoms with Gasteiger partial charge in [0.25, 0.3) is 5.89 Å². The molecular formula is C13H13N3O5. The summed E-state index contributed by atoms with van der Waals surface area (Å²) in [6.45, 7) is -0.297. The third kappa shape index (κ3) is 3.00. The Labute approximate surface area is 119 Å². The molecule has 0 aliphatic heterocycles. The summed E-state index contributed by atoms with van der Waals surface area (Å²) in [7, 11) is 0. The minimum absolute atomic E-state index is 0.0287. The first-order chi connectivity index (χ1) is 10.2. The molecule has 0 amide bonds. The van der Waals surface area contributed by atoms with Gasteiger partial charge in [-0.15, -0.1) is 0 Å². The average Bonchev–Trinajstić information content (AvgIpc) is 3.24. The molecule has 8 nitrogen and oxygen atoms in total. The first-order valence-electron chi connectivity index (χ1n) is 6.51. The fourth-order valence-electron chi connectivity index (χ4n) is 1.90. The minimum Gasteiger partial charge on any atom is -0.477 e. The van der Waals surface area contributed by atoms with E-state index in [2.05, 4.69) is 10.1 Å². The zero-order chi connectivity index (χ0) is 14.8. The van der Waals surface area contributed by atoms with Crippen molar-refractivity contribution in [1.29, 1.82) is 0 Å². The number of aliphatic hydroxyl groups excluding tert-OH is 1. The molecule has 1 aromatic carbocycles. The molecule has 1 fully saturated rings. The summed E-state index contributed by atoms with van der Waals surface area (Å²) >= 11 is 0. The Morgan fingerprint density at radius 1 is 1.48 bits per heavy atom. The fourth-order valence-corrected chi connectivity index (χ4v) is 1.90. The van der Waals surface area contributed by atoms with Gasteiger partial charge >= 0.3 is 5.69 Å². The van der Waals surface area contributed by atoms with Crippen LogP contribution >= 0.6 is 0 Å². The molecule has 1 aliphatic carbocycles. The summed E-state index contributed by atoms with van der Waals surface area (Å²) in [5, 5.41) is 23.8. The molecule has 8 heteroatoms. The normalized spacial score (nSPS) is 14.1. The molecule has 1 aromatic heterocycles. The Hall–Kier alpha value is -2.48. The van der Waals surface area contributed by atoms with E-state index in [1.165, 1.54) is 12.1 Å². The molecule has 3 rings (SSSR count). The van der Waals surface area contributed by atoms with Gasteiger partial charge in [0.1, 0.15) is 0 Å². The van der Waals surface area contributed by atoms with Crippen molar-refractivity contribution in [3.05, 3.63) is 45.6 Å². The number of aliphatic hydroxyl groups is 1. The summed E-state index contributed by atoms with van der Waals surface area (Å²) in [4.78, 5) is 14.6. The zero-order valence-corrected chi connectivity index (χ0v) is 11.1. The van der Waals surface area contributed by atoms with E-state index in [-0.39, 0.29) is 30.5 Å². The number of nitrogens with zero attached hydrogens (tertiary/aromatic N) is 3. The number of hydrogen-bond donors (Lipinski definition) is 1. The molecule has 110 valence electrons. The fraction of sp³-hybridized carbons (Fsp3) is 0.385. The van der Waals surface area contributed by atoms with Crippen LogP contribution in [0, 0.1) is 10.1 Å². The van der Waals surface area contributed by atoms with Gasteiger partial charge in [-0.25, -0.2) is 0 Å². The highest BCUT2D eigenvalue weighted by Crippen LogP contribution is 2.38. The monoisotopic (exact) mass is 291 g/mol. The Morgan fingerprint density at radius 3 is 2.95 bits per heavy atom. The van der Waals surface area contributed by atoms with Gasteiger partial charge < -0.3 is 14.4 Å². The zero-order valence-electron chi connectivity index (χ0n) is 11.1. The van der Waals surface area contributed by atoms with Crippen LogP contribution in [0.4, 0.5) is 5.69 Å². The van der Waals surface area contributed by atoms with Crippen LogP contribution in [0.5, 0.6) is 5.75 Å². The van der Waals surface area contributed by atoms with Crippen LogP contribution in [0.3, 0.4) is 0 Å². The summed E-state index contributed by atoms with van der Waals surface area (Å²) in [5.74, 6) is 1.43. The Balaban J connectivity index is 1.72. The van der Waals surface area contributed by atoms with Crippen molar-refractivity contribution in [2.75, 3.05) is 0 Å². The Morgan fingerprint density at radius 2 is 2.29 bits per heavy atom. The highest BCUT2D eigenvalue weighted by Gasteiger charge is 2.29. The topological polar surface area (TPSA) is 112 Å². The molecule has 2 aromatic rings. The van der Waals surface area contributed by atoms with Gasteiger partial charge in [0.05, 0.1) is 11.5 Å². The molecule has 1 N–H and O–H groups in total. The SMILES string of the molecule is O=[N+]([O-])c1cc(CO)ccc1OCc1nc(C2CC2)no1. The number of nitro groups is 1. The van der Waals surface area contributed by atoms with Crippen molar-refractivity contribution in [1.82, 2.24) is 10.1 Å². The van der Waals surface area contributed by atoms with E-state index in [4.69, 9.17) is 14.4 Å². The van der Waals surface area contributed by atoms with Crippen LogP contribution in [-0.2, 0) is 13.2 Å². The van der Waals surface area contributed by atoms with Gasteiger partial charge in [0.15, 0.2) is 18.2 Å². The lowest BCUT2D eigenvalue weighted by molar-refractivity contribution is -0.386. The summed E-state index contributed by atoms with van der Waals surface area (Å²) in [6.07, 6.45) is 2.13. The van der Waals surface area contributed by atoms with E-state index in [1.54, 1.807) is 6.07 Å². The van der Waals surface area contributed by atoms with Gasteiger partial charge in [-0.3, -0.25) is 10.1 Å². The lowest BCUT2D eigenvalue weighted by Gasteiger charge is -2.05. The number of aromatic nitrogens is 2.